The second kappa shape index (κ2) is 12.2. The van der Waals surface area contributed by atoms with Crippen LogP contribution in [0.15, 0.2) is 0 Å². The maximum absolute atomic E-state index is 8.74. The molecule has 14 heteroatoms. The third-order valence-electron chi connectivity index (χ3n) is 0. The van der Waals surface area contributed by atoms with Gasteiger partial charge in [0, 0.05) is 0 Å². The van der Waals surface area contributed by atoms with Crippen molar-refractivity contribution in [2.75, 3.05) is 0 Å². The van der Waals surface area contributed by atoms with Gasteiger partial charge >= 0.3 is 82.0 Å². The second-order valence-electron chi connectivity index (χ2n) is 1.00. The Morgan fingerprint density at radius 2 is 0.786 bits per heavy atom. The predicted octanol–water partition coefficient (Wildman–Crippen LogP) is -3.28. The van der Waals surface area contributed by atoms with Crippen LogP contribution >= 0.6 is 0 Å². The van der Waals surface area contributed by atoms with E-state index in [1.807, 2.05) is 0 Å². The third-order valence-corrected chi connectivity index (χ3v) is 0. The summed E-state index contributed by atoms with van der Waals surface area (Å²) in [4.78, 5) is 0. The van der Waals surface area contributed by atoms with Crippen molar-refractivity contribution in [3.63, 3.8) is 0 Å². The Bertz CT molecular complexity index is 251. The first-order valence-electron chi connectivity index (χ1n) is 1.89. The van der Waals surface area contributed by atoms with E-state index in [1.54, 1.807) is 0 Å². The number of hydrogen-bond donors (Lipinski definition) is 5. The number of hydrogen-bond acceptors (Lipinski definition) is 5. The van der Waals surface area contributed by atoms with Crippen molar-refractivity contribution in [3.05, 3.63) is 0 Å². The van der Waals surface area contributed by atoms with Crippen LogP contribution in [0.4, 0.5) is 0 Å². The normalized spacial score (nSPS) is 8.86. The van der Waals surface area contributed by atoms with Crippen molar-refractivity contribution in [3.8, 4) is 0 Å². The molecule has 84 valence electrons. The van der Waals surface area contributed by atoms with Gasteiger partial charge in [0.25, 0.3) is 0 Å². The zero-order chi connectivity index (χ0) is 11.7. The van der Waals surface area contributed by atoms with Gasteiger partial charge in [-0.1, -0.05) is 0 Å². The molecule has 0 unspecified atom stereocenters. The Labute approximate surface area is 116 Å². The van der Waals surface area contributed by atoms with Crippen molar-refractivity contribution in [1.29, 1.82) is 0 Å². The summed E-state index contributed by atoms with van der Waals surface area (Å²) < 4.78 is 78.8. The van der Waals surface area contributed by atoms with Gasteiger partial charge in [-0.2, -0.15) is 16.8 Å². The Kier molecular flexibility index (Phi) is 21.3. The molecule has 0 saturated heterocycles. The summed E-state index contributed by atoms with van der Waals surface area (Å²) in [7, 11) is -9.33. The average Bonchev–Trinajstić information content (AvgIpc) is 1.52. The molecule has 0 spiro atoms. The Balaban J connectivity index is -0.0000000535. The van der Waals surface area contributed by atoms with E-state index >= 15 is 0 Å². The van der Waals surface area contributed by atoms with Gasteiger partial charge in [0.15, 0.2) is 0 Å². The van der Waals surface area contributed by atoms with Crippen molar-refractivity contribution in [2.24, 2.45) is 0 Å². The summed E-state index contributed by atoms with van der Waals surface area (Å²) in [6.07, 6.45) is 0. The molecule has 0 bridgehead atoms. The fraction of sp³-hybridized carbons (Fsp3) is 0. The molecule has 0 aromatic carbocycles. The summed E-state index contributed by atoms with van der Waals surface area (Å²) in [6.45, 7) is 0. The van der Waals surface area contributed by atoms with Gasteiger partial charge in [-0.25, -0.2) is 0 Å². The van der Waals surface area contributed by atoms with Gasteiger partial charge in [-0.05, 0) is 0 Å². The standard InChI is InChI=1S/Al.Ca.2H2O4S.H2O.O.2H/c;;2*1-5(2,3)4;;;;/h;;2*(H2,1,2,3,4);1H2;;;/q+1;;;;;;;/p-1. The third kappa shape index (κ3) is 1510. The van der Waals surface area contributed by atoms with E-state index in [0.29, 0.717) is 0 Å². The van der Waals surface area contributed by atoms with Crippen LogP contribution in [0.3, 0.4) is 0 Å². The Morgan fingerprint density at radius 3 is 0.786 bits per heavy atom. The zero-order valence-electron chi connectivity index (χ0n) is 5.67. The molecule has 0 amide bonds. The van der Waals surface area contributed by atoms with Gasteiger partial charge in [0.2, 0.25) is 0 Å². The van der Waals surface area contributed by atoms with E-state index in [0.717, 1.165) is 0 Å². The predicted molar refractivity (Wildman–Crippen MR) is 45.6 cm³/mol. The minimum atomic E-state index is -4.67. The molecule has 0 aliphatic rings. The maximum atomic E-state index is 8.74. The molecule has 0 heterocycles. The molecular weight excluding hydrogens is 291 g/mol. The molecule has 0 aliphatic carbocycles. The second-order valence-corrected chi connectivity index (χ2v) is 3.00. The zero-order valence-corrected chi connectivity index (χ0v) is 8.46. The average molecular weight is 298 g/mol. The van der Waals surface area contributed by atoms with E-state index in [-0.39, 0.29) is 37.7 Å². The van der Waals surface area contributed by atoms with Gasteiger partial charge in [0.05, 0.1) is 0 Å². The number of rotatable bonds is 0. The summed E-state index contributed by atoms with van der Waals surface area (Å²) in [5, 5.41) is 0. The van der Waals surface area contributed by atoms with Crippen LogP contribution in [0.2, 0.25) is 0 Å². The molecule has 0 fully saturated rings. The van der Waals surface area contributed by atoms with Crippen LogP contribution in [0.1, 0.15) is 0 Å². The van der Waals surface area contributed by atoms with Crippen molar-refractivity contribution < 1.29 is 43.0 Å². The molecule has 0 aromatic rings. The monoisotopic (exact) mass is 298 g/mol. The van der Waals surface area contributed by atoms with Gasteiger partial charge in [0.1, 0.15) is 0 Å². The summed E-state index contributed by atoms with van der Waals surface area (Å²) in [5.41, 5.74) is 0. The molecule has 0 saturated carbocycles. The van der Waals surface area contributed by atoms with Crippen LogP contribution < -0.4 is 0 Å². The van der Waals surface area contributed by atoms with E-state index in [4.69, 9.17) is 43.0 Å². The summed E-state index contributed by atoms with van der Waals surface area (Å²) >= 11 is -1.50. The molecule has 0 radical (unpaired) electrons. The van der Waals surface area contributed by atoms with Crippen molar-refractivity contribution >= 4 is 74.0 Å². The van der Waals surface area contributed by atoms with Crippen LogP contribution in [0.5, 0.6) is 0 Å². The molecule has 0 atom stereocenters. The summed E-state index contributed by atoms with van der Waals surface area (Å²) in [5.74, 6) is 0. The quantitative estimate of drug-likeness (QED) is 0.224. The van der Waals surface area contributed by atoms with Gasteiger partial charge in [-0.3, -0.25) is 18.2 Å². The van der Waals surface area contributed by atoms with E-state index < -0.39 is 36.3 Å². The fourth-order valence-electron chi connectivity index (χ4n) is 0. The first-order chi connectivity index (χ1) is 5.41. The van der Waals surface area contributed by atoms with Crippen LogP contribution in [-0.2, 0) is 24.6 Å². The first-order valence-corrected chi connectivity index (χ1v) is 5.67. The molecule has 0 rings (SSSR count). The van der Waals surface area contributed by atoms with Crippen LogP contribution in [-0.4, -0.2) is 92.4 Å². The van der Waals surface area contributed by atoms with Crippen LogP contribution in [0, 0.1) is 0 Å². The summed E-state index contributed by atoms with van der Waals surface area (Å²) in [6, 6.07) is 0. The SMILES string of the molecule is O=S(=O)(O)O.O=S(=O)(O)O.[CaH2].[O]=[Al][OH]. The first kappa shape index (κ1) is 24.4. The molecule has 5 N–H and O–H groups in total. The Morgan fingerprint density at radius 1 is 0.786 bits per heavy atom. The Hall–Kier alpha value is 1.13. The molecule has 0 aromatic heterocycles. The van der Waals surface area contributed by atoms with Crippen molar-refractivity contribution in [1.82, 2.24) is 0 Å². The van der Waals surface area contributed by atoms with E-state index in [1.165, 1.54) is 0 Å². The van der Waals surface area contributed by atoms with Gasteiger partial charge < -0.3 is 0 Å². The van der Waals surface area contributed by atoms with E-state index in [9.17, 15) is 0 Å². The van der Waals surface area contributed by atoms with Crippen LogP contribution in [0.25, 0.3) is 0 Å². The molecule has 10 nitrogen and oxygen atoms in total. The molecule has 0 aliphatic heterocycles. The van der Waals surface area contributed by atoms with Crippen molar-refractivity contribution in [2.45, 2.75) is 0 Å². The molecule has 14 heavy (non-hydrogen) atoms. The van der Waals surface area contributed by atoms with Gasteiger partial charge in [-0.15, -0.1) is 0 Å². The fourth-order valence-corrected chi connectivity index (χ4v) is 0. The molecular formula is H7AlCaO10S2. The topological polar surface area (TPSA) is 186 Å². The van der Waals surface area contributed by atoms with E-state index in [2.05, 4.69) is 0 Å². The minimum absolute atomic E-state index is 0.